The maximum absolute atomic E-state index is 12.6. The average molecular weight is 391 g/mol. The fourth-order valence-corrected chi connectivity index (χ4v) is 4.45. The number of carbonyl (C=O) groups excluding carboxylic acids is 1. The molecule has 7 nitrogen and oxygen atoms in total. The number of hydrogen-bond donors (Lipinski definition) is 1. The molecule has 2 heterocycles. The fourth-order valence-electron chi connectivity index (χ4n) is 4.45. The topological polar surface area (TPSA) is 78.3 Å². The van der Waals surface area contributed by atoms with Crippen molar-refractivity contribution in [1.82, 2.24) is 15.2 Å². The molecule has 0 bridgehead atoms. The van der Waals surface area contributed by atoms with Crippen molar-refractivity contribution in [3.63, 3.8) is 0 Å². The zero-order valence-corrected chi connectivity index (χ0v) is 16.3. The molecule has 0 unspecified atom stereocenters. The van der Waals surface area contributed by atoms with Gasteiger partial charge in [0, 0.05) is 17.0 Å². The molecule has 1 amide bonds. The third-order valence-electron chi connectivity index (χ3n) is 6.16. The van der Waals surface area contributed by atoms with Crippen LogP contribution < -0.4 is 4.74 Å². The Bertz CT molecular complexity index is 1060. The van der Waals surface area contributed by atoms with Gasteiger partial charge in [-0.05, 0) is 56.7 Å². The summed E-state index contributed by atoms with van der Waals surface area (Å²) in [6.45, 7) is 2.52. The van der Waals surface area contributed by atoms with Crippen molar-refractivity contribution in [2.45, 2.75) is 38.7 Å². The Kier molecular flexibility index (Phi) is 4.30. The molecule has 1 N–H and O–H groups in total. The molecule has 1 fully saturated rings. The molecule has 7 heteroatoms. The fraction of sp³-hybridized carbons (Fsp3) is 0.364. The minimum absolute atomic E-state index is 0.157. The molecule has 2 aliphatic rings. The Labute approximate surface area is 168 Å². The third-order valence-corrected chi connectivity index (χ3v) is 6.16. The third kappa shape index (κ3) is 3.06. The van der Waals surface area contributed by atoms with Gasteiger partial charge >= 0.3 is 11.6 Å². The Morgan fingerprint density at radius 1 is 1.17 bits per heavy atom. The normalized spacial score (nSPS) is 21.6. The summed E-state index contributed by atoms with van der Waals surface area (Å²) in [4.78, 5) is 25.8. The van der Waals surface area contributed by atoms with Crippen molar-refractivity contribution in [3.8, 4) is 5.75 Å². The lowest BCUT2D eigenvalue weighted by atomic mass is 9.87. The number of rotatable bonds is 4. The van der Waals surface area contributed by atoms with Crippen molar-refractivity contribution < 1.29 is 14.4 Å². The summed E-state index contributed by atoms with van der Waals surface area (Å²) in [5.74, 6) is 1.01. The molecule has 1 aliphatic heterocycles. The van der Waals surface area contributed by atoms with Gasteiger partial charge in [0.2, 0.25) is 0 Å². The van der Waals surface area contributed by atoms with E-state index >= 15 is 0 Å². The van der Waals surface area contributed by atoms with Crippen molar-refractivity contribution >= 4 is 22.5 Å². The van der Waals surface area contributed by atoms with Gasteiger partial charge in [0.25, 0.3) is 0 Å². The van der Waals surface area contributed by atoms with E-state index in [1.807, 2.05) is 18.3 Å². The van der Waals surface area contributed by atoms with Crippen LogP contribution in [0.3, 0.4) is 0 Å². The van der Waals surface area contributed by atoms with E-state index in [-0.39, 0.29) is 12.0 Å². The number of fused-ring (bicyclic) bond motifs is 2. The first-order valence-corrected chi connectivity index (χ1v) is 10.1. The highest BCUT2D eigenvalue weighted by molar-refractivity contribution is 5.99. The SMILES string of the molecule is Cc1c(OC2CCC(CN3C(=O)c4ccccc4[N+]3=O)CC2)ccc2[nH]ncc12. The molecule has 1 saturated carbocycles. The molecule has 1 aromatic heterocycles. The van der Waals surface area contributed by atoms with E-state index in [9.17, 15) is 9.70 Å². The highest BCUT2D eigenvalue weighted by Crippen LogP contribution is 2.34. The number of hydrazine groups is 1. The van der Waals surface area contributed by atoms with Crippen molar-refractivity contribution in [2.24, 2.45) is 5.92 Å². The number of aromatic nitrogens is 2. The number of nitrogens with zero attached hydrogens (tertiary/aromatic N) is 3. The number of benzene rings is 2. The van der Waals surface area contributed by atoms with E-state index in [0.717, 1.165) is 52.8 Å². The Hall–Kier alpha value is -3.22. The molecule has 0 spiro atoms. The van der Waals surface area contributed by atoms with Gasteiger partial charge in [0.1, 0.15) is 11.3 Å². The summed E-state index contributed by atoms with van der Waals surface area (Å²) < 4.78 is 6.28. The van der Waals surface area contributed by atoms with Gasteiger partial charge in [-0.1, -0.05) is 17.1 Å². The second-order valence-corrected chi connectivity index (χ2v) is 7.96. The minimum atomic E-state index is -0.196. The number of para-hydroxylation sites is 1. The summed E-state index contributed by atoms with van der Waals surface area (Å²) in [6.07, 6.45) is 5.69. The van der Waals surface area contributed by atoms with Crippen LogP contribution in [0.4, 0.5) is 5.69 Å². The van der Waals surface area contributed by atoms with Gasteiger partial charge in [0.05, 0.1) is 29.3 Å². The van der Waals surface area contributed by atoms with Crippen LogP contribution in [0.5, 0.6) is 5.75 Å². The molecule has 5 rings (SSSR count). The summed E-state index contributed by atoms with van der Waals surface area (Å²) in [6, 6.07) is 11.0. The minimum Gasteiger partial charge on any atom is -0.490 e. The number of nitrogens with one attached hydrogen (secondary N) is 1. The number of amides is 1. The van der Waals surface area contributed by atoms with E-state index in [4.69, 9.17) is 4.74 Å². The molecule has 0 saturated heterocycles. The van der Waals surface area contributed by atoms with E-state index < -0.39 is 0 Å². The second kappa shape index (κ2) is 6.99. The van der Waals surface area contributed by atoms with Gasteiger partial charge in [0.15, 0.2) is 4.87 Å². The first kappa shape index (κ1) is 17.8. The van der Waals surface area contributed by atoms with Crippen LogP contribution in [0.15, 0.2) is 42.6 Å². The molecule has 1 aliphatic carbocycles. The van der Waals surface area contributed by atoms with Crippen LogP contribution in [-0.4, -0.2) is 38.6 Å². The number of nitroso groups, excluding NO2 is 1. The van der Waals surface area contributed by atoms with Crippen molar-refractivity contribution in [1.29, 1.82) is 0 Å². The van der Waals surface area contributed by atoms with Crippen LogP contribution in [0, 0.1) is 17.7 Å². The molecule has 0 radical (unpaired) electrons. The lowest BCUT2D eigenvalue weighted by Crippen LogP contribution is -2.37. The Morgan fingerprint density at radius 3 is 2.76 bits per heavy atom. The number of ether oxygens (including phenoxy) is 1. The second-order valence-electron chi connectivity index (χ2n) is 7.96. The highest BCUT2D eigenvalue weighted by atomic mass is 16.5. The number of carbonyl (C=O) groups is 1. The monoisotopic (exact) mass is 391 g/mol. The Morgan fingerprint density at radius 2 is 1.97 bits per heavy atom. The molecule has 3 aromatic rings. The molecule has 2 aromatic carbocycles. The standard InChI is InChI=1S/C22H23N4O3/c1-14-18-12-23-24-19(18)10-11-21(14)29-16-8-6-15(7-9-16)13-25-22(27)17-4-2-3-5-20(17)26(25)28/h2-5,10-12,15-16H,6-9,13H2,1H3,(H,23,24)/q+1. The number of hydrogen-bond acceptors (Lipinski definition) is 4. The quantitative estimate of drug-likeness (QED) is 0.673. The van der Waals surface area contributed by atoms with Crippen LogP contribution >= 0.6 is 0 Å². The summed E-state index contributed by atoms with van der Waals surface area (Å²) in [5.41, 5.74) is 3.04. The van der Waals surface area contributed by atoms with Gasteiger partial charge in [-0.3, -0.25) is 9.89 Å². The first-order chi connectivity index (χ1) is 14.1. The lowest BCUT2D eigenvalue weighted by molar-refractivity contribution is -0.612. The summed E-state index contributed by atoms with van der Waals surface area (Å²) in [5, 5.41) is 9.49. The van der Waals surface area contributed by atoms with E-state index in [2.05, 4.69) is 17.1 Å². The maximum atomic E-state index is 12.6. The first-order valence-electron chi connectivity index (χ1n) is 10.1. The maximum Gasteiger partial charge on any atom is 0.319 e. The highest BCUT2D eigenvalue weighted by Gasteiger charge is 2.45. The summed E-state index contributed by atoms with van der Waals surface area (Å²) >= 11 is 0. The van der Waals surface area contributed by atoms with E-state index in [1.54, 1.807) is 24.3 Å². The number of H-pyrrole nitrogens is 1. The Balaban J connectivity index is 1.20. The van der Waals surface area contributed by atoms with E-state index in [1.165, 1.54) is 5.01 Å². The smallest absolute Gasteiger partial charge is 0.319 e. The number of aryl methyl sites for hydroxylation is 1. The number of aromatic amines is 1. The zero-order chi connectivity index (χ0) is 20.0. The average Bonchev–Trinajstić information content (AvgIpc) is 3.32. The largest absolute Gasteiger partial charge is 0.490 e. The van der Waals surface area contributed by atoms with Gasteiger partial charge in [-0.25, -0.2) is 0 Å². The molecule has 0 atom stereocenters. The van der Waals surface area contributed by atoms with Crippen LogP contribution in [0.1, 0.15) is 41.6 Å². The van der Waals surface area contributed by atoms with Gasteiger partial charge in [-0.2, -0.15) is 5.10 Å². The summed E-state index contributed by atoms with van der Waals surface area (Å²) in [7, 11) is 0. The molecular formula is C22H23N4O3+. The van der Waals surface area contributed by atoms with E-state index in [0.29, 0.717) is 23.7 Å². The molecule has 29 heavy (non-hydrogen) atoms. The van der Waals surface area contributed by atoms with Crippen molar-refractivity contribution in [3.05, 3.63) is 58.6 Å². The predicted octanol–water partition coefficient (Wildman–Crippen LogP) is 4.29. The van der Waals surface area contributed by atoms with Gasteiger partial charge < -0.3 is 4.74 Å². The lowest BCUT2D eigenvalue weighted by Gasteiger charge is -2.29. The zero-order valence-electron chi connectivity index (χ0n) is 16.3. The van der Waals surface area contributed by atoms with Crippen molar-refractivity contribution in [2.75, 3.05) is 6.54 Å². The van der Waals surface area contributed by atoms with Crippen LogP contribution in [-0.2, 0) is 0 Å². The molecular weight excluding hydrogens is 368 g/mol. The van der Waals surface area contributed by atoms with Crippen LogP contribution in [0.25, 0.3) is 10.9 Å². The molecule has 148 valence electrons. The predicted molar refractivity (Wildman–Crippen MR) is 108 cm³/mol. The van der Waals surface area contributed by atoms with Crippen LogP contribution in [0.2, 0.25) is 0 Å². The van der Waals surface area contributed by atoms with Gasteiger partial charge in [-0.15, -0.1) is 0 Å².